The van der Waals surface area contributed by atoms with E-state index in [0.29, 0.717) is 0 Å². The van der Waals surface area contributed by atoms with Crippen molar-refractivity contribution >= 4 is 17.1 Å². The zero-order valence-electron chi connectivity index (χ0n) is 40.0. The summed E-state index contributed by atoms with van der Waals surface area (Å²) in [4.78, 5) is 2.56. The van der Waals surface area contributed by atoms with Crippen LogP contribution in [0, 0.1) is 0 Å². The van der Waals surface area contributed by atoms with E-state index in [1.807, 2.05) is 0 Å². The summed E-state index contributed by atoms with van der Waals surface area (Å²) in [5.41, 5.74) is 25.3. The lowest BCUT2D eigenvalue weighted by Crippen LogP contribution is -2.34. The van der Waals surface area contributed by atoms with Gasteiger partial charge in [0.25, 0.3) is 0 Å². The van der Waals surface area contributed by atoms with Crippen molar-refractivity contribution in [2.45, 2.75) is 108 Å². The van der Waals surface area contributed by atoms with E-state index in [0.717, 1.165) is 17.8 Å². The van der Waals surface area contributed by atoms with Gasteiger partial charge in [-0.25, -0.2) is 0 Å². The summed E-state index contributed by atoms with van der Waals surface area (Å²) in [5, 5.41) is 0. The van der Waals surface area contributed by atoms with E-state index >= 15 is 0 Å². The molecule has 0 atom stereocenters. The fourth-order valence-electron chi connectivity index (χ4n) is 13.1. The van der Waals surface area contributed by atoms with Gasteiger partial charge in [0, 0.05) is 16.9 Å². The average molecular weight is 856 g/mol. The van der Waals surface area contributed by atoms with Gasteiger partial charge in [-0.1, -0.05) is 195 Å². The van der Waals surface area contributed by atoms with Crippen LogP contribution in [-0.2, 0) is 27.1 Å². The third-order valence-electron chi connectivity index (χ3n) is 16.8. The second kappa shape index (κ2) is 14.3. The molecule has 4 aliphatic rings. The van der Waals surface area contributed by atoms with Crippen LogP contribution in [0.2, 0.25) is 0 Å². The second-order valence-corrected chi connectivity index (χ2v) is 22.5. The van der Waals surface area contributed by atoms with Gasteiger partial charge in [-0.3, -0.25) is 0 Å². The van der Waals surface area contributed by atoms with Gasteiger partial charge in [-0.05, 0) is 167 Å². The van der Waals surface area contributed by atoms with Crippen molar-refractivity contribution < 1.29 is 0 Å². The predicted octanol–water partition coefficient (Wildman–Crippen LogP) is 17.5. The third-order valence-corrected chi connectivity index (χ3v) is 16.8. The number of hydrogen-bond acceptors (Lipinski definition) is 1. The molecule has 12 rings (SSSR count). The van der Waals surface area contributed by atoms with E-state index in [9.17, 15) is 0 Å². The Morgan fingerprint density at radius 1 is 0.303 bits per heavy atom. The smallest absolute Gasteiger partial charge is 0.0726 e. The van der Waals surface area contributed by atoms with Gasteiger partial charge in [0.1, 0.15) is 0 Å². The highest BCUT2D eigenvalue weighted by Gasteiger charge is 2.52. The lowest BCUT2D eigenvalue weighted by atomic mass is 9.61. The van der Waals surface area contributed by atoms with E-state index in [4.69, 9.17) is 0 Å². The van der Waals surface area contributed by atoms with E-state index in [2.05, 4.69) is 236 Å². The molecule has 0 fully saturated rings. The highest BCUT2D eigenvalue weighted by Crippen LogP contribution is 2.65. The summed E-state index contributed by atoms with van der Waals surface area (Å²) in [7, 11) is 0. The van der Waals surface area contributed by atoms with Gasteiger partial charge in [0.15, 0.2) is 0 Å². The summed E-state index contributed by atoms with van der Waals surface area (Å²) in [6.45, 7) is 19.5. The summed E-state index contributed by atoms with van der Waals surface area (Å²) < 4.78 is 0. The molecule has 0 radical (unpaired) electrons. The Labute approximate surface area is 393 Å². The van der Waals surface area contributed by atoms with Crippen LogP contribution < -0.4 is 4.90 Å². The van der Waals surface area contributed by atoms with Crippen molar-refractivity contribution in [1.82, 2.24) is 0 Å². The first-order valence-electron chi connectivity index (χ1n) is 24.4. The molecule has 66 heavy (non-hydrogen) atoms. The van der Waals surface area contributed by atoms with E-state index in [1.54, 1.807) is 0 Å². The van der Waals surface area contributed by atoms with Crippen molar-refractivity contribution in [2.75, 3.05) is 4.90 Å². The van der Waals surface area contributed by atoms with Gasteiger partial charge in [0.05, 0.1) is 11.1 Å². The van der Waals surface area contributed by atoms with Gasteiger partial charge in [-0.2, -0.15) is 0 Å². The van der Waals surface area contributed by atoms with Crippen LogP contribution in [0.25, 0.3) is 44.5 Å². The van der Waals surface area contributed by atoms with Crippen LogP contribution in [0.1, 0.15) is 126 Å². The van der Waals surface area contributed by atoms with Crippen LogP contribution in [0.3, 0.4) is 0 Å². The molecule has 1 heteroatoms. The summed E-state index contributed by atoms with van der Waals surface area (Å²) in [6, 6.07) is 67.8. The molecule has 0 N–H and O–H groups in total. The molecular weight excluding hydrogens is 795 g/mol. The van der Waals surface area contributed by atoms with E-state index in [1.165, 1.54) is 114 Å². The Bertz CT molecular complexity index is 3200. The monoisotopic (exact) mass is 855 g/mol. The van der Waals surface area contributed by atoms with Crippen LogP contribution in [0.5, 0.6) is 0 Å². The molecule has 8 aromatic rings. The number of fused-ring (bicyclic) bond motifs is 12. The third kappa shape index (κ3) is 5.84. The first kappa shape index (κ1) is 41.0. The first-order valence-corrected chi connectivity index (χ1v) is 24.4. The molecule has 0 saturated heterocycles. The molecule has 0 unspecified atom stereocenters. The summed E-state index contributed by atoms with van der Waals surface area (Å²) >= 11 is 0. The number of benzene rings is 8. The Balaban J connectivity index is 1.14. The summed E-state index contributed by atoms with van der Waals surface area (Å²) in [5.74, 6) is 0. The van der Waals surface area contributed by atoms with Gasteiger partial charge < -0.3 is 4.90 Å². The minimum absolute atomic E-state index is 0.00191. The van der Waals surface area contributed by atoms with Crippen molar-refractivity contribution in [1.29, 1.82) is 0 Å². The fourth-order valence-corrected chi connectivity index (χ4v) is 13.1. The van der Waals surface area contributed by atoms with Crippen LogP contribution in [-0.4, -0.2) is 0 Å². The molecule has 0 aliphatic heterocycles. The normalized spacial score (nSPS) is 18.1. The minimum Gasteiger partial charge on any atom is -0.310 e. The zero-order chi connectivity index (χ0) is 45.4. The highest BCUT2D eigenvalue weighted by atomic mass is 15.1. The van der Waals surface area contributed by atoms with Crippen molar-refractivity contribution in [3.63, 3.8) is 0 Å². The SMILES string of the molecule is CC1(C)CCC(C)(C)c2cc(-c3ccc(N(c4ccccc4)c4cc5c(cc4-c4cccc6c4C(C)(C)CCC6(C)C)-c4ccccc4C54c5ccccc5-c5ccccc54)cc3)ccc21. The molecule has 8 aromatic carbocycles. The number of hydrogen-bond donors (Lipinski definition) is 0. The minimum atomic E-state index is -0.467. The first-order chi connectivity index (χ1) is 31.7. The second-order valence-electron chi connectivity index (χ2n) is 22.5. The van der Waals surface area contributed by atoms with Crippen LogP contribution in [0.15, 0.2) is 176 Å². The molecule has 1 nitrogen and oxygen atoms in total. The Hall–Kier alpha value is -6.44. The van der Waals surface area contributed by atoms with Crippen LogP contribution in [0.4, 0.5) is 17.1 Å². The highest BCUT2D eigenvalue weighted by molar-refractivity contribution is 6.00. The lowest BCUT2D eigenvalue weighted by Gasteiger charge is -2.43. The van der Waals surface area contributed by atoms with Crippen molar-refractivity contribution in [3.8, 4) is 44.5 Å². The molecule has 4 aliphatic carbocycles. The molecule has 326 valence electrons. The molecule has 0 aromatic heterocycles. The predicted molar refractivity (Wildman–Crippen MR) is 279 cm³/mol. The zero-order valence-corrected chi connectivity index (χ0v) is 40.0. The summed E-state index contributed by atoms with van der Waals surface area (Å²) in [6.07, 6.45) is 4.73. The van der Waals surface area contributed by atoms with Crippen molar-refractivity contribution in [3.05, 3.63) is 220 Å². The molecule has 1 spiro atoms. The van der Waals surface area contributed by atoms with Gasteiger partial charge in [0.2, 0.25) is 0 Å². The number of rotatable bonds is 5. The average Bonchev–Trinajstić information content (AvgIpc) is 3.79. The van der Waals surface area contributed by atoms with Gasteiger partial charge >= 0.3 is 0 Å². The maximum absolute atomic E-state index is 2.61. The molecule has 0 heterocycles. The molecular formula is C65H61N. The molecule has 0 amide bonds. The maximum Gasteiger partial charge on any atom is 0.0726 e. The lowest BCUT2D eigenvalue weighted by molar-refractivity contribution is 0.332. The van der Waals surface area contributed by atoms with Crippen LogP contribution >= 0.6 is 0 Å². The number of para-hydroxylation sites is 1. The van der Waals surface area contributed by atoms with E-state index < -0.39 is 5.41 Å². The molecule has 0 bridgehead atoms. The number of anilines is 3. The molecule has 0 saturated carbocycles. The van der Waals surface area contributed by atoms with E-state index in [-0.39, 0.29) is 21.7 Å². The van der Waals surface area contributed by atoms with Crippen molar-refractivity contribution in [2.24, 2.45) is 0 Å². The Morgan fingerprint density at radius 2 is 0.773 bits per heavy atom. The fraction of sp³-hybridized carbons (Fsp3) is 0.262. The topological polar surface area (TPSA) is 3.24 Å². The maximum atomic E-state index is 2.61. The largest absolute Gasteiger partial charge is 0.310 e. The number of nitrogens with zero attached hydrogens (tertiary/aromatic N) is 1. The standard InChI is InChI=1S/C65H61N/c1-61(2)35-36-63(5,6)58-39-43(31-34-55(58)61)42-29-32-45(33-30-42)66(44-19-10-9-11-20-44)59-41-57-50(40-51(59)49-24-18-28-56-60(49)64(7,8)38-37-62(56,3)4)48-23-14-17-27-54(48)65(57)52-25-15-12-21-46(52)47-22-13-16-26-53(47)65/h9-34,39-41H,35-38H2,1-8H3. The van der Waals surface area contributed by atoms with Gasteiger partial charge in [-0.15, -0.1) is 0 Å². The Morgan fingerprint density at radius 3 is 1.39 bits per heavy atom. The quantitative estimate of drug-likeness (QED) is 0.167. The Kier molecular flexibility index (Phi) is 8.88.